The van der Waals surface area contributed by atoms with Crippen molar-refractivity contribution >= 4 is 21.7 Å². The molecule has 0 atom stereocenters. The summed E-state index contributed by atoms with van der Waals surface area (Å²) >= 11 is 0. The summed E-state index contributed by atoms with van der Waals surface area (Å²) in [6, 6.07) is 15.6. The van der Waals surface area contributed by atoms with Crippen molar-refractivity contribution in [2.24, 2.45) is 0 Å². The highest BCUT2D eigenvalue weighted by molar-refractivity contribution is 7.92. The molecular formula is C18H17FN4O2S. The zero-order valence-electron chi connectivity index (χ0n) is 14.0. The Bertz CT molecular complexity index is 990. The molecule has 1 heterocycles. The first-order valence-electron chi connectivity index (χ1n) is 7.84. The summed E-state index contributed by atoms with van der Waals surface area (Å²) in [5.74, 6) is 0.0987. The fraction of sp³-hybridized carbons (Fsp3) is 0.111. The lowest BCUT2D eigenvalue weighted by molar-refractivity contribution is 0.599. The minimum atomic E-state index is -3.84. The van der Waals surface area contributed by atoms with E-state index in [1.54, 1.807) is 6.07 Å². The molecule has 0 bridgehead atoms. The minimum absolute atomic E-state index is 0.0533. The van der Waals surface area contributed by atoms with Crippen molar-refractivity contribution in [3.8, 4) is 0 Å². The maximum absolute atomic E-state index is 12.9. The SMILES string of the molecule is Cc1ccccc1CNc1ccc(NS(=O)(=O)c2ccc(F)cc2)nn1. The van der Waals surface area contributed by atoms with Crippen LogP contribution in [0.25, 0.3) is 0 Å². The van der Waals surface area contributed by atoms with Crippen LogP contribution < -0.4 is 10.0 Å². The molecule has 0 saturated heterocycles. The van der Waals surface area contributed by atoms with Gasteiger partial charge in [0, 0.05) is 6.54 Å². The molecule has 6 nitrogen and oxygen atoms in total. The highest BCUT2D eigenvalue weighted by Gasteiger charge is 2.15. The van der Waals surface area contributed by atoms with Crippen LogP contribution in [0.1, 0.15) is 11.1 Å². The molecule has 1 aromatic heterocycles. The van der Waals surface area contributed by atoms with Gasteiger partial charge >= 0.3 is 0 Å². The molecule has 0 radical (unpaired) electrons. The van der Waals surface area contributed by atoms with E-state index in [4.69, 9.17) is 0 Å². The van der Waals surface area contributed by atoms with E-state index in [-0.39, 0.29) is 10.7 Å². The minimum Gasteiger partial charge on any atom is -0.364 e. The Morgan fingerprint density at radius 1 is 0.923 bits per heavy atom. The third-order valence-electron chi connectivity index (χ3n) is 3.75. The second-order valence-electron chi connectivity index (χ2n) is 5.64. The van der Waals surface area contributed by atoms with Crippen LogP contribution in [0.5, 0.6) is 0 Å². The molecule has 26 heavy (non-hydrogen) atoms. The molecular weight excluding hydrogens is 355 g/mol. The molecule has 0 unspecified atom stereocenters. The lowest BCUT2D eigenvalue weighted by atomic mass is 10.1. The first-order chi connectivity index (χ1) is 12.4. The van der Waals surface area contributed by atoms with Crippen molar-refractivity contribution in [1.29, 1.82) is 0 Å². The Morgan fingerprint density at radius 2 is 1.58 bits per heavy atom. The second kappa shape index (κ2) is 7.49. The van der Waals surface area contributed by atoms with E-state index in [0.29, 0.717) is 12.4 Å². The number of hydrogen-bond acceptors (Lipinski definition) is 5. The normalized spacial score (nSPS) is 11.2. The van der Waals surface area contributed by atoms with Crippen molar-refractivity contribution in [1.82, 2.24) is 10.2 Å². The molecule has 0 aliphatic heterocycles. The summed E-state index contributed by atoms with van der Waals surface area (Å²) in [5.41, 5.74) is 2.30. The molecule has 0 aliphatic rings. The predicted octanol–water partition coefficient (Wildman–Crippen LogP) is 3.34. The van der Waals surface area contributed by atoms with E-state index in [0.717, 1.165) is 23.3 Å². The first kappa shape index (κ1) is 17.8. The Balaban J connectivity index is 1.66. The number of aromatic nitrogens is 2. The van der Waals surface area contributed by atoms with Gasteiger partial charge in [-0.15, -0.1) is 10.2 Å². The van der Waals surface area contributed by atoms with Crippen LogP contribution in [-0.4, -0.2) is 18.6 Å². The molecule has 8 heteroatoms. The Labute approximate surface area is 151 Å². The van der Waals surface area contributed by atoms with Crippen LogP contribution in [0, 0.1) is 12.7 Å². The average molecular weight is 372 g/mol. The van der Waals surface area contributed by atoms with Gasteiger partial charge in [-0.25, -0.2) is 12.8 Å². The lowest BCUT2D eigenvalue weighted by Crippen LogP contribution is -2.14. The van der Waals surface area contributed by atoms with E-state index in [2.05, 4.69) is 20.2 Å². The zero-order valence-corrected chi connectivity index (χ0v) is 14.8. The van der Waals surface area contributed by atoms with Gasteiger partial charge in [0.1, 0.15) is 11.6 Å². The monoisotopic (exact) mass is 372 g/mol. The van der Waals surface area contributed by atoms with E-state index < -0.39 is 15.8 Å². The Hall–Kier alpha value is -3.00. The summed E-state index contributed by atoms with van der Waals surface area (Å²) < 4.78 is 39.7. The molecule has 0 spiro atoms. The Kier molecular flexibility index (Phi) is 5.13. The lowest BCUT2D eigenvalue weighted by Gasteiger charge is -2.09. The third kappa shape index (κ3) is 4.34. The van der Waals surface area contributed by atoms with Crippen molar-refractivity contribution < 1.29 is 12.8 Å². The molecule has 134 valence electrons. The van der Waals surface area contributed by atoms with Crippen LogP contribution >= 0.6 is 0 Å². The quantitative estimate of drug-likeness (QED) is 0.693. The number of hydrogen-bond donors (Lipinski definition) is 2. The number of halogens is 1. The Morgan fingerprint density at radius 3 is 2.23 bits per heavy atom. The number of aryl methyl sites for hydroxylation is 1. The average Bonchev–Trinajstić information content (AvgIpc) is 2.62. The molecule has 2 aromatic carbocycles. The van der Waals surface area contributed by atoms with Gasteiger partial charge in [0.25, 0.3) is 10.0 Å². The number of nitrogens with zero attached hydrogens (tertiary/aromatic N) is 2. The molecule has 0 fully saturated rings. The number of rotatable bonds is 6. The highest BCUT2D eigenvalue weighted by atomic mass is 32.2. The van der Waals surface area contributed by atoms with Crippen molar-refractivity contribution in [2.75, 3.05) is 10.0 Å². The maximum atomic E-state index is 12.9. The summed E-state index contributed by atoms with van der Waals surface area (Å²) in [6.07, 6.45) is 0. The molecule has 2 N–H and O–H groups in total. The fourth-order valence-electron chi connectivity index (χ4n) is 2.29. The predicted molar refractivity (Wildman–Crippen MR) is 97.7 cm³/mol. The molecule has 0 aliphatic carbocycles. The van der Waals surface area contributed by atoms with E-state index in [1.165, 1.54) is 18.2 Å². The molecule has 0 saturated carbocycles. The zero-order chi connectivity index (χ0) is 18.6. The number of anilines is 2. The van der Waals surface area contributed by atoms with Crippen LogP contribution in [0.3, 0.4) is 0 Å². The van der Waals surface area contributed by atoms with Crippen LogP contribution in [0.4, 0.5) is 16.0 Å². The topological polar surface area (TPSA) is 84.0 Å². The maximum Gasteiger partial charge on any atom is 0.263 e. The van der Waals surface area contributed by atoms with E-state index >= 15 is 0 Å². The van der Waals surface area contributed by atoms with Gasteiger partial charge < -0.3 is 5.32 Å². The summed E-state index contributed by atoms with van der Waals surface area (Å²) in [4.78, 5) is -0.0533. The van der Waals surface area contributed by atoms with Gasteiger partial charge in [-0.05, 0) is 54.4 Å². The smallest absolute Gasteiger partial charge is 0.263 e. The first-order valence-corrected chi connectivity index (χ1v) is 9.33. The molecule has 3 rings (SSSR count). The van der Waals surface area contributed by atoms with Crippen LogP contribution in [0.15, 0.2) is 65.6 Å². The standard InChI is InChI=1S/C18H17FN4O2S/c1-13-4-2-3-5-14(13)12-20-17-10-11-18(22-21-17)23-26(24,25)16-8-6-15(19)7-9-16/h2-11H,12H2,1H3,(H,20,21)(H,22,23). The van der Waals surface area contributed by atoms with Gasteiger partial charge in [-0.1, -0.05) is 24.3 Å². The summed E-state index contributed by atoms with van der Waals surface area (Å²) in [6.45, 7) is 2.61. The van der Waals surface area contributed by atoms with Crippen molar-refractivity contribution in [3.05, 3.63) is 77.6 Å². The highest BCUT2D eigenvalue weighted by Crippen LogP contribution is 2.16. The largest absolute Gasteiger partial charge is 0.364 e. The van der Waals surface area contributed by atoms with Crippen LogP contribution in [-0.2, 0) is 16.6 Å². The van der Waals surface area contributed by atoms with Gasteiger partial charge in [-0.3, -0.25) is 4.72 Å². The molecule has 0 amide bonds. The summed E-state index contributed by atoms with van der Waals surface area (Å²) in [5, 5.41) is 11.0. The van der Waals surface area contributed by atoms with Crippen molar-refractivity contribution in [2.45, 2.75) is 18.4 Å². The van der Waals surface area contributed by atoms with Gasteiger partial charge in [-0.2, -0.15) is 0 Å². The summed E-state index contributed by atoms with van der Waals surface area (Å²) in [7, 11) is -3.84. The van der Waals surface area contributed by atoms with Gasteiger partial charge in [0.05, 0.1) is 4.90 Å². The van der Waals surface area contributed by atoms with Gasteiger partial charge in [0.2, 0.25) is 0 Å². The van der Waals surface area contributed by atoms with E-state index in [1.807, 2.05) is 31.2 Å². The number of sulfonamides is 1. The van der Waals surface area contributed by atoms with Gasteiger partial charge in [0.15, 0.2) is 5.82 Å². The fourth-order valence-corrected chi connectivity index (χ4v) is 3.28. The number of benzene rings is 2. The number of nitrogens with one attached hydrogen (secondary N) is 2. The third-order valence-corrected chi connectivity index (χ3v) is 5.12. The molecule has 3 aromatic rings. The second-order valence-corrected chi connectivity index (χ2v) is 7.33. The van der Waals surface area contributed by atoms with Crippen LogP contribution in [0.2, 0.25) is 0 Å². The van der Waals surface area contributed by atoms with E-state index in [9.17, 15) is 12.8 Å². The van der Waals surface area contributed by atoms with Crippen molar-refractivity contribution in [3.63, 3.8) is 0 Å².